The Labute approximate surface area is 164 Å². The highest BCUT2D eigenvalue weighted by molar-refractivity contribution is 9.10. The molecule has 0 spiro atoms. The van der Waals surface area contributed by atoms with Gasteiger partial charge in [0.25, 0.3) is 5.91 Å². The molecule has 2 aromatic rings. The maximum Gasteiger partial charge on any atom is 0.251 e. The molecule has 1 aromatic heterocycles. The van der Waals surface area contributed by atoms with Crippen LogP contribution in [0.5, 0.6) is 0 Å². The van der Waals surface area contributed by atoms with Crippen LogP contribution in [0, 0.1) is 5.92 Å². The fourth-order valence-corrected chi connectivity index (χ4v) is 4.13. The smallest absolute Gasteiger partial charge is 0.251 e. The fourth-order valence-electron chi connectivity index (χ4n) is 2.99. The predicted octanol–water partition coefficient (Wildman–Crippen LogP) is 3.79. The van der Waals surface area contributed by atoms with Gasteiger partial charge in [-0.1, -0.05) is 52.6 Å². The number of anilines is 1. The van der Waals surface area contributed by atoms with Gasteiger partial charge in [0, 0.05) is 28.9 Å². The van der Waals surface area contributed by atoms with Crippen LogP contribution in [0.4, 0.5) is 5.13 Å². The third-order valence-corrected chi connectivity index (χ3v) is 5.78. The zero-order chi connectivity index (χ0) is 18.4. The van der Waals surface area contributed by atoms with Gasteiger partial charge in [-0.15, -0.1) is 10.2 Å². The summed E-state index contributed by atoms with van der Waals surface area (Å²) in [7, 11) is 0. The van der Waals surface area contributed by atoms with Crippen molar-refractivity contribution in [2.45, 2.75) is 38.5 Å². The molecule has 3 rings (SSSR count). The van der Waals surface area contributed by atoms with Crippen LogP contribution >= 0.6 is 27.3 Å². The number of halogens is 1. The zero-order valence-electron chi connectivity index (χ0n) is 14.3. The van der Waals surface area contributed by atoms with E-state index >= 15 is 0 Å². The van der Waals surface area contributed by atoms with Gasteiger partial charge in [0.2, 0.25) is 11.0 Å². The number of hydrogen-bond donors (Lipinski definition) is 2. The highest BCUT2D eigenvalue weighted by Crippen LogP contribution is 2.25. The lowest BCUT2D eigenvalue weighted by molar-refractivity contribution is -0.120. The van der Waals surface area contributed by atoms with E-state index in [4.69, 9.17) is 0 Å². The SMILES string of the molecule is O=C(NCCc1nnc(NC(=O)C2CCCCC2)s1)c1cccc(Br)c1. The average molecular weight is 437 g/mol. The van der Waals surface area contributed by atoms with Gasteiger partial charge in [-0.25, -0.2) is 0 Å². The molecule has 2 amide bonds. The molecule has 0 atom stereocenters. The van der Waals surface area contributed by atoms with E-state index in [1.165, 1.54) is 17.8 Å². The largest absolute Gasteiger partial charge is 0.352 e. The summed E-state index contributed by atoms with van der Waals surface area (Å²) in [6, 6.07) is 7.25. The van der Waals surface area contributed by atoms with Crippen molar-refractivity contribution in [2.24, 2.45) is 5.92 Å². The lowest BCUT2D eigenvalue weighted by Gasteiger charge is -2.19. The van der Waals surface area contributed by atoms with Crippen molar-refractivity contribution in [3.63, 3.8) is 0 Å². The molecule has 1 aliphatic rings. The molecule has 138 valence electrons. The molecular weight excluding hydrogens is 416 g/mol. The minimum atomic E-state index is -0.123. The predicted molar refractivity (Wildman–Crippen MR) is 105 cm³/mol. The van der Waals surface area contributed by atoms with Crippen LogP contribution in [0.25, 0.3) is 0 Å². The molecule has 26 heavy (non-hydrogen) atoms. The Balaban J connectivity index is 1.45. The van der Waals surface area contributed by atoms with Crippen LogP contribution in [-0.2, 0) is 11.2 Å². The molecule has 2 N–H and O–H groups in total. The quantitative estimate of drug-likeness (QED) is 0.720. The summed E-state index contributed by atoms with van der Waals surface area (Å²) in [6.07, 6.45) is 5.96. The summed E-state index contributed by atoms with van der Waals surface area (Å²) in [5, 5.41) is 15.2. The molecule has 0 bridgehead atoms. The lowest BCUT2D eigenvalue weighted by Crippen LogP contribution is -2.25. The molecular formula is C18H21BrN4O2S. The van der Waals surface area contributed by atoms with Gasteiger partial charge in [0.05, 0.1) is 0 Å². The second-order valence-electron chi connectivity index (χ2n) is 6.34. The Morgan fingerprint density at radius 1 is 1.19 bits per heavy atom. The second-order valence-corrected chi connectivity index (χ2v) is 8.32. The molecule has 0 saturated heterocycles. The van der Waals surface area contributed by atoms with Gasteiger partial charge in [-0.3, -0.25) is 9.59 Å². The van der Waals surface area contributed by atoms with E-state index in [1.54, 1.807) is 12.1 Å². The summed E-state index contributed by atoms with van der Waals surface area (Å²) in [6.45, 7) is 0.469. The van der Waals surface area contributed by atoms with Gasteiger partial charge < -0.3 is 10.6 Å². The Morgan fingerprint density at radius 3 is 2.77 bits per heavy atom. The molecule has 1 aliphatic carbocycles. The second kappa shape index (κ2) is 9.23. The van der Waals surface area contributed by atoms with E-state index in [0.29, 0.717) is 23.7 Å². The number of amides is 2. The first kappa shape index (κ1) is 19.0. The molecule has 1 aromatic carbocycles. The Hall–Kier alpha value is -1.80. The van der Waals surface area contributed by atoms with Crippen molar-refractivity contribution in [1.82, 2.24) is 15.5 Å². The Kier molecular flexibility index (Phi) is 6.73. The summed E-state index contributed by atoms with van der Waals surface area (Å²) in [4.78, 5) is 24.3. The topological polar surface area (TPSA) is 84.0 Å². The van der Waals surface area contributed by atoms with Gasteiger partial charge in [0.15, 0.2) is 0 Å². The van der Waals surface area contributed by atoms with E-state index in [0.717, 1.165) is 35.2 Å². The van der Waals surface area contributed by atoms with Crippen molar-refractivity contribution in [2.75, 3.05) is 11.9 Å². The van der Waals surface area contributed by atoms with Crippen LogP contribution in [0.3, 0.4) is 0 Å². The Morgan fingerprint density at radius 2 is 2.00 bits per heavy atom. The standard InChI is InChI=1S/C18H21BrN4O2S/c19-14-8-4-7-13(11-14)16(24)20-10-9-15-22-23-18(26-15)21-17(25)12-5-2-1-3-6-12/h4,7-8,11-12H,1-3,5-6,9-10H2,(H,20,24)(H,21,23,25). The van der Waals surface area contributed by atoms with Crippen LogP contribution < -0.4 is 10.6 Å². The fraction of sp³-hybridized carbons (Fsp3) is 0.444. The molecule has 0 aliphatic heterocycles. The first-order valence-corrected chi connectivity index (χ1v) is 10.4. The number of rotatable bonds is 6. The maximum absolute atomic E-state index is 12.2. The number of carbonyl (C=O) groups is 2. The van der Waals surface area contributed by atoms with Gasteiger partial charge in [-0.2, -0.15) is 0 Å². The number of aromatic nitrogens is 2. The first-order chi connectivity index (χ1) is 12.6. The zero-order valence-corrected chi connectivity index (χ0v) is 16.7. The molecule has 1 heterocycles. The monoisotopic (exact) mass is 436 g/mol. The van der Waals surface area contributed by atoms with Crippen molar-refractivity contribution in [3.05, 3.63) is 39.3 Å². The average Bonchev–Trinajstić information content (AvgIpc) is 3.09. The van der Waals surface area contributed by atoms with Crippen molar-refractivity contribution >= 4 is 44.2 Å². The first-order valence-electron chi connectivity index (χ1n) is 8.79. The normalized spacial score (nSPS) is 14.8. The minimum absolute atomic E-state index is 0.0513. The van der Waals surface area contributed by atoms with Crippen molar-refractivity contribution in [1.29, 1.82) is 0 Å². The maximum atomic E-state index is 12.2. The van der Waals surface area contributed by atoms with Gasteiger partial charge >= 0.3 is 0 Å². The van der Waals surface area contributed by atoms with E-state index in [-0.39, 0.29) is 17.7 Å². The summed E-state index contributed by atoms with van der Waals surface area (Å²) in [5.41, 5.74) is 0.608. The lowest BCUT2D eigenvalue weighted by atomic mass is 9.89. The van der Waals surface area contributed by atoms with Crippen LogP contribution in [0.1, 0.15) is 47.5 Å². The number of benzene rings is 1. The summed E-state index contributed by atoms with van der Waals surface area (Å²) >= 11 is 4.72. The highest BCUT2D eigenvalue weighted by Gasteiger charge is 2.22. The van der Waals surface area contributed by atoms with Crippen LogP contribution in [-0.4, -0.2) is 28.6 Å². The van der Waals surface area contributed by atoms with E-state index in [9.17, 15) is 9.59 Å². The molecule has 0 unspecified atom stereocenters. The molecule has 0 radical (unpaired) electrons. The van der Waals surface area contributed by atoms with Gasteiger partial charge in [-0.05, 0) is 31.0 Å². The molecule has 6 nitrogen and oxygen atoms in total. The van der Waals surface area contributed by atoms with Crippen LogP contribution in [0.2, 0.25) is 0 Å². The Bertz CT molecular complexity index is 774. The number of carbonyl (C=O) groups excluding carboxylic acids is 2. The number of nitrogens with one attached hydrogen (secondary N) is 2. The van der Waals surface area contributed by atoms with E-state index in [2.05, 4.69) is 36.8 Å². The van der Waals surface area contributed by atoms with E-state index < -0.39 is 0 Å². The molecule has 8 heteroatoms. The van der Waals surface area contributed by atoms with E-state index in [1.807, 2.05) is 12.1 Å². The van der Waals surface area contributed by atoms with Crippen molar-refractivity contribution in [3.8, 4) is 0 Å². The third-order valence-electron chi connectivity index (χ3n) is 4.38. The molecule has 1 saturated carbocycles. The van der Waals surface area contributed by atoms with Gasteiger partial charge in [0.1, 0.15) is 5.01 Å². The highest BCUT2D eigenvalue weighted by atomic mass is 79.9. The number of hydrogen-bond acceptors (Lipinski definition) is 5. The number of nitrogens with zero attached hydrogens (tertiary/aromatic N) is 2. The summed E-state index contributed by atoms with van der Waals surface area (Å²) in [5.74, 6) is 0.0255. The molecule has 1 fully saturated rings. The third kappa shape index (κ3) is 5.35. The minimum Gasteiger partial charge on any atom is -0.352 e. The van der Waals surface area contributed by atoms with Crippen molar-refractivity contribution < 1.29 is 9.59 Å². The summed E-state index contributed by atoms with van der Waals surface area (Å²) < 4.78 is 0.868. The van der Waals surface area contributed by atoms with Crippen LogP contribution in [0.15, 0.2) is 28.7 Å².